The van der Waals surface area contributed by atoms with E-state index in [1.807, 2.05) is 67.7 Å². The Morgan fingerprint density at radius 1 is 1.28 bits per heavy atom. The molecule has 2 heterocycles. The van der Waals surface area contributed by atoms with E-state index in [2.05, 4.69) is 9.88 Å². The fourth-order valence-corrected chi connectivity index (χ4v) is 3.96. The second kappa shape index (κ2) is 10.2. The maximum Gasteiger partial charge on any atom is 0.262 e. The van der Waals surface area contributed by atoms with Crippen LogP contribution in [0.5, 0.6) is 5.75 Å². The summed E-state index contributed by atoms with van der Waals surface area (Å²) in [4.78, 5) is 12.6. The summed E-state index contributed by atoms with van der Waals surface area (Å²) >= 11 is 0. The van der Waals surface area contributed by atoms with Crippen LogP contribution in [-0.4, -0.2) is 36.3 Å². The van der Waals surface area contributed by atoms with Gasteiger partial charge in [-0.05, 0) is 43.5 Å². The minimum Gasteiger partial charge on any atom is -0.491 e. The number of aromatic nitrogens is 1. The van der Waals surface area contributed by atoms with Gasteiger partial charge in [-0.15, -0.1) is 0 Å². The molecule has 164 valence electrons. The van der Waals surface area contributed by atoms with E-state index in [1.165, 1.54) is 0 Å². The molecule has 6 nitrogen and oxygen atoms in total. The van der Waals surface area contributed by atoms with Gasteiger partial charge in [-0.25, -0.2) is 0 Å². The van der Waals surface area contributed by atoms with Gasteiger partial charge in [-0.3, -0.25) is 4.79 Å². The van der Waals surface area contributed by atoms with Crippen molar-refractivity contribution < 1.29 is 14.3 Å². The molecule has 1 aromatic heterocycles. The molecule has 1 fully saturated rings. The largest absolute Gasteiger partial charge is 0.491 e. The molecule has 1 amide bonds. The predicted octanol–water partition coefficient (Wildman–Crippen LogP) is 4.23. The van der Waals surface area contributed by atoms with Crippen LogP contribution in [0, 0.1) is 18.3 Å². The lowest BCUT2D eigenvalue weighted by Crippen LogP contribution is -2.32. The number of ether oxygens (including phenoxy) is 2. The van der Waals surface area contributed by atoms with E-state index in [-0.39, 0.29) is 17.6 Å². The first-order valence-corrected chi connectivity index (χ1v) is 10.9. The van der Waals surface area contributed by atoms with Crippen LogP contribution in [0.25, 0.3) is 17.0 Å². The number of hydrogen-bond acceptors (Lipinski definition) is 4. The van der Waals surface area contributed by atoms with E-state index in [9.17, 15) is 10.1 Å². The average molecular weight is 430 g/mol. The molecule has 32 heavy (non-hydrogen) atoms. The van der Waals surface area contributed by atoms with E-state index in [0.29, 0.717) is 19.7 Å². The molecule has 6 heteroatoms. The highest BCUT2D eigenvalue weighted by atomic mass is 16.5. The Kier molecular flexibility index (Phi) is 6.88. The van der Waals surface area contributed by atoms with Crippen LogP contribution >= 0.6 is 0 Å². The van der Waals surface area contributed by atoms with Crippen LogP contribution in [0.2, 0.25) is 0 Å². The van der Waals surface area contributed by atoms with Gasteiger partial charge in [0.2, 0.25) is 0 Å². The molecule has 2 aromatic carbocycles. The Balaban J connectivity index is 1.50. The molecular weight excluding hydrogens is 402 g/mol. The average Bonchev–Trinajstić information content (AvgIpc) is 3.45. The number of aryl methyl sites for hydroxylation is 1. The number of carbonyl (C=O) groups is 1. The van der Waals surface area contributed by atoms with E-state index in [4.69, 9.17) is 9.47 Å². The first-order chi connectivity index (χ1) is 15.7. The highest BCUT2D eigenvalue weighted by molar-refractivity contribution is 6.04. The zero-order chi connectivity index (χ0) is 22.3. The molecular formula is C26H27N3O3. The molecule has 0 bridgehead atoms. The monoisotopic (exact) mass is 429 g/mol. The summed E-state index contributed by atoms with van der Waals surface area (Å²) in [6, 6.07) is 18.0. The topological polar surface area (TPSA) is 76.3 Å². The van der Waals surface area contributed by atoms with Crippen molar-refractivity contribution in [2.24, 2.45) is 0 Å². The van der Waals surface area contributed by atoms with Crippen LogP contribution in [0.1, 0.15) is 24.0 Å². The van der Waals surface area contributed by atoms with Crippen molar-refractivity contribution in [3.63, 3.8) is 0 Å². The zero-order valence-corrected chi connectivity index (χ0v) is 18.2. The molecule has 0 saturated carbocycles. The molecule has 0 radical (unpaired) electrons. The molecule has 0 spiro atoms. The zero-order valence-electron chi connectivity index (χ0n) is 18.2. The summed E-state index contributed by atoms with van der Waals surface area (Å²) in [6.45, 7) is 4.34. The summed E-state index contributed by atoms with van der Waals surface area (Å²) in [5.41, 5.74) is 3.05. The SMILES string of the molecule is Cc1ccccc1OCCn1cc(/C=C(\C#N)C(=O)NC[C@H]2CCCO2)c2ccccc21. The lowest BCUT2D eigenvalue weighted by molar-refractivity contribution is -0.117. The van der Waals surface area contributed by atoms with Gasteiger partial charge in [-0.2, -0.15) is 5.26 Å². The Hall–Kier alpha value is -3.56. The van der Waals surface area contributed by atoms with Crippen molar-refractivity contribution in [2.45, 2.75) is 32.4 Å². The van der Waals surface area contributed by atoms with Gasteiger partial charge in [0.05, 0.1) is 12.6 Å². The van der Waals surface area contributed by atoms with Gasteiger partial charge >= 0.3 is 0 Å². The number of fused-ring (bicyclic) bond motifs is 1. The van der Waals surface area contributed by atoms with Crippen molar-refractivity contribution in [3.8, 4) is 11.8 Å². The number of benzene rings is 2. The molecule has 1 aliphatic rings. The number of carbonyl (C=O) groups excluding carboxylic acids is 1. The van der Waals surface area contributed by atoms with Crippen LogP contribution in [0.4, 0.5) is 0 Å². The molecule has 0 unspecified atom stereocenters. The second-order valence-corrected chi connectivity index (χ2v) is 7.92. The Labute approximate surface area is 188 Å². The second-order valence-electron chi connectivity index (χ2n) is 7.92. The predicted molar refractivity (Wildman–Crippen MR) is 124 cm³/mol. The minimum absolute atomic E-state index is 0.0362. The van der Waals surface area contributed by atoms with E-state index in [0.717, 1.165) is 47.2 Å². The van der Waals surface area contributed by atoms with Gasteiger partial charge < -0.3 is 19.4 Å². The maximum absolute atomic E-state index is 12.6. The molecule has 4 rings (SSSR count). The van der Waals surface area contributed by atoms with Gasteiger partial charge in [-0.1, -0.05) is 36.4 Å². The minimum atomic E-state index is -0.372. The first-order valence-electron chi connectivity index (χ1n) is 10.9. The fourth-order valence-electron chi connectivity index (χ4n) is 3.96. The molecule has 1 atom stereocenters. The number of nitrogens with one attached hydrogen (secondary N) is 1. The number of amides is 1. The Morgan fingerprint density at radius 3 is 2.88 bits per heavy atom. The third-order valence-corrected chi connectivity index (χ3v) is 5.68. The number of nitriles is 1. The highest BCUT2D eigenvalue weighted by Gasteiger charge is 2.18. The van der Waals surface area contributed by atoms with Crippen LogP contribution in [0.3, 0.4) is 0 Å². The third kappa shape index (κ3) is 5.01. The number of hydrogen-bond donors (Lipinski definition) is 1. The molecule has 1 aliphatic heterocycles. The van der Waals surface area contributed by atoms with Crippen molar-refractivity contribution in [1.82, 2.24) is 9.88 Å². The van der Waals surface area contributed by atoms with E-state index < -0.39 is 0 Å². The quantitative estimate of drug-likeness (QED) is 0.429. The number of para-hydroxylation sites is 2. The smallest absolute Gasteiger partial charge is 0.262 e. The Bertz CT molecular complexity index is 1170. The Morgan fingerprint density at radius 2 is 2.09 bits per heavy atom. The summed E-state index contributed by atoms with van der Waals surface area (Å²) in [7, 11) is 0. The van der Waals surface area contributed by atoms with Crippen LogP contribution in [-0.2, 0) is 16.1 Å². The van der Waals surface area contributed by atoms with Gasteiger partial charge in [0.25, 0.3) is 5.91 Å². The number of rotatable bonds is 8. The summed E-state index contributed by atoms with van der Waals surface area (Å²) in [6.07, 6.45) is 5.61. The number of nitrogens with zero attached hydrogens (tertiary/aromatic N) is 2. The van der Waals surface area contributed by atoms with Crippen LogP contribution < -0.4 is 10.1 Å². The summed E-state index contributed by atoms with van der Waals surface area (Å²) in [5.74, 6) is 0.501. The van der Waals surface area contributed by atoms with E-state index >= 15 is 0 Å². The van der Waals surface area contributed by atoms with E-state index in [1.54, 1.807) is 6.08 Å². The van der Waals surface area contributed by atoms with Gasteiger partial charge in [0.15, 0.2) is 0 Å². The third-order valence-electron chi connectivity index (χ3n) is 5.68. The highest BCUT2D eigenvalue weighted by Crippen LogP contribution is 2.24. The van der Waals surface area contributed by atoms with Crippen molar-refractivity contribution in [2.75, 3.05) is 19.8 Å². The first kappa shape index (κ1) is 21.7. The molecule has 0 aliphatic carbocycles. The molecule has 1 saturated heterocycles. The molecule has 3 aromatic rings. The molecule has 1 N–H and O–H groups in total. The van der Waals surface area contributed by atoms with Gasteiger partial charge in [0, 0.05) is 35.8 Å². The van der Waals surface area contributed by atoms with Crippen molar-refractivity contribution >= 4 is 22.9 Å². The van der Waals surface area contributed by atoms with Crippen LogP contribution in [0.15, 0.2) is 60.3 Å². The van der Waals surface area contributed by atoms with Crippen molar-refractivity contribution in [1.29, 1.82) is 5.26 Å². The van der Waals surface area contributed by atoms with Crippen molar-refractivity contribution in [3.05, 3.63) is 71.4 Å². The lowest BCUT2D eigenvalue weighted by atomic mass is 10.1. The van der Waals surface area contributed by atoms with Gasteiger partial charge in [0.1, 0.15) is 24.0 Å². The maximum atomic E-state index is 12.6. The normalized spacial score (nSPS) is 16.1. The fraction of sp³-hybridized carbons (Fsp3) is 0.308. The lowest BCUT2D eigenvalue weighted by Gasteiger charge is -2.10. The summed E-state index contributed by atoms with van der Waals surface area (Å²) in [5, 5.41) is 13.4. The summed E-state index contributed by atoms with van der Waals surface area (Å²) < 4.78 is 13.6. The standard InChI is InChI=1S/C26H27N3O3/c1-19-7-2-5-11-25(19)32-14-12-29-18-21(23-9-3-4-10-24(23)29)15-20(16-27)26(30)28-17-22-8-6-13-31-22/h2-5,7,9-11,15,18,22H,6,8,12-14,17H2,1H3,(H,28,30)/b20-15+/t22-/m1/s1.